The molecule has 6 nitrogen and oxygen atoms in total. The highest BCUT2D eigenvalue weighted by atomic mass is 16.6. The Morgan fingerprint density at radius 3 is 2.75 bits per heavy atom. The van der Waals surface area contributed by atoms with E-state index in [1.807, 2.05) is 42.5 Å². The Labute approximate surface area is 165 Å². The lowest BCUT2D eigenvalue weighted by Gasteiger charge is -2.18. The van der Waals surface area contributed by atoms with Crippen LogP contribution in [-0.2, 0) is 14.2 Å². The van der Waals surface area contributed by atoms with Crippen LogP contribution in [0.5, 0.6) is 0 Å². The molecule has 150 valence electrons. The molecule has 4 rings (SSSR count). The molecule has 2 aliphatic rings. The van der Waals surface area contributed by atoms with Gasteiger partial charge in [0, 0.05) is 5.39 Å². The van der Waals surface area contributed by atoms with Crippen molar-refractivity contribution in [2.24, 2.45) is 5.92 Å². The van der Waals surface area contributed by atoms with Crippen LogP contribution in [-0.4, -0.2) is 50.2 Å². The first-order valence-corrected chi connectivity index (χ1v) is 10.0. The fourth-order valence-corrected chi connectivity index (χ4v) is 3.91. The highest BCUT2D eigenvalue weighted by Crippen LogP contribution is 2.30. The van der Waals surface area contributed by atoms with Gasteiger partial charge in [-0.05, 0) is 30.3 Å². The molecule has 1 amide bonds. The van der Waals surface area contributed by atoms with Crippen LogP contribution in [0, 0.1) is 5.92 Å². The van der Waals surface area contributed by atoms with E-state index >= 15 is 0 Å². The number of nitrogens with one attached hydrogen (secondary N) is 2. The minimum absolute atomic E-state index is 0.0671. The molecule has 0 aliphatic carbocycles. The largest absolute Gasteiger partial charge is 0.441 e. The number of benzene rings is 2. The molecule has 2 heterocycles. The first-order valence-electron chi connectivity index (χ1n) is 10.0. The molecule has 2 fully saturated rings. The van der Waals surface area contributed by atoms with Crippen molar-refractivity contribution in [2.45, 2.75) is 44.6 Å². The fourth-order valence-electron chi connectivity index (χ4n) is 3.91. The van der Waals surface area contributed by atoms with E-state index in [2.05, 4.69) is 24.5 Å². The third kappa shape index (κ3) is 4.14. The summed E-state index contributed by atoms with van der Waals surface area (Å²) >= 11 is 0. The summed E-state index contributed by atoms with van der Waals surface area (Å²) in [6.45, 7) is 6.30. The zero-order valence-corrected chi connectivity index (χ0v) is 16.4. The number of hydrogen-bond acceptors (Lipinski definition) is 5. The maximum Gasteiger partial charge on any atom is 0.412 e. The van der Waals surface area contributed by atoms with Crippen LogP contribution in [0.3, 0.4) is 0 Å². The highest BCUT2D eigenvalue weighted by Gasteiger charge is 2.49. The molecular formula is C22H28N2O4. The van der Waals surface area contributed by atoms with E-state index in [0.29, 0.717) is 19.1 Å². The Kier molecular flexibility index (Phi) is 5.80. The van der Waals surface area contributed by atoms with Gasteiger partial charge in [-0.2, -0.15) is 0 Å². The van der Waals surface area contributed by atoms with Gasteiger partial charge in [-0.1, -0.05) is 50.2 Å². The predicted octanol–water partition coefficient (Wildman–Crippen LogP) is 3.56. The van der Waals surface area contributed by atoms with Crippen molar-refractivity contribution in [3.05, 3.63) is 42.5 Å². The zero-order valence-electron chi connectivity index (χ0n) is 16.4. The Morgan fingerprint density at radius 1 is 1.11 bits per heavy atom. The van der Waals surface area contributed by atoms with Crippen LogP contribution in [0.15, 0.2) is 42.5 Å². The third-order valence-electron chi connectivity index (χ3n) is 5.42. The second-order valence-corrected chi connectivity index (χ2v) is 7.93. The Morgan fingerprint density at radius 2 is 1.89 bits per heavy atom. The van der Waals surface area contributed by atoms with Crippen molar-refractivity contribution in [1.82, 2.24) is 5.32 Å². The van der Waals surface area contributed by atoms with E-state index in [0.717, 1.165) is 29.4 Å². The maximum absolute atomic E-state index is 12.5. The minimum atomic E-state index is -0.481. The van der Waals surface area contributed by atoms with Crippen LogP contribution in [0.1, 0.15) is 20.3 Å². The van der Waals surface area contributed by atoms with Crippen molar-refractivity contribution in [1.29, 1.82) is 0 Å². The lowest BCUT2D eigenvalue weighted by molar-refractivity contribution is 0.00857. The Hall–Kier alpha value is -2.15. The molecular weight excluding hydrogens is 356 g/mol. The van der Waals surface area contributed by atoms with Crippen molar-refractivity contribution < 1.29 is 19.0 Å². The minimum Gasteiger partial charge on any atom is -0.441 e. The van der Waals surface area contributed by atoms with Gasteiger partial charge in [0.2, 0.25) is 0 Å². The zero-order chi connectivity index (χ0) is 19.5. The molecule has 2 aliphatic heterocycles. The van der Waals surface area contributed by atoms with Crippen molar-refractivity contribution in [3.8, 4) is 0 Å². The number of ether oxygens (including phenoxy) is 3. The first kappa shape index (κ1) is 19.2. The summed E-state index contributed by atoms with van der Waals surface area (Å²) < 4.78 is 17.4. The normalized spacial score (nSPS) is 26.5. The van der Waals surface area contributed by atoms with Gasteiger partial charge in [0.15, 0.2) is 6.10 Å². The molecule has 2 N–H and O–H groups in total. The van der Waals surface area contributed by atoms with Gasteiger partial charge in [-0.25, -0.2) is 4.79 Å². The fraction of sp³-hybridized carbons (Fsp3) is 0.500. The summed E-state index contributed by atoms with van der Waals surface area (Å²) in [4.78, 5) is 12.5. The predicted molar refractivity (Wildman–Crippen MR) is 109 cm³/mol. The second kappa shape index (κ2) is 8.47. The summed E-state index contributed by atoms with van der Waals surface area (Å²) in [7, 11) is 0. The van der Waals surface area contributed by atoms with Gasteiger partial charge < -0.3 is 19.5 Å². The Bertz CT molecular complexity index is 820. The average molecular weight is 384 g/mol. The molecule has 4 unspecified atom stereocenters. The number of carbonyl (C=O) groups is 1. The van der Waals surface area contributed by atoms with Gasteiger partial charge in [-0.3, -0.25) is 5.32 Å². The molecule has 2 aromatic carbocycles. The molecule has 0 saturated carbocycles. The topological polar surface area (TPSA) is 68.8 Å². The van der Waals surface area contributed by atoms with Gasteiger partial charge in [0.05, 0.1) is 24.9 Å². The summed E-state index contributed by atoms with van der Waals surface area (Å²) in [6.07, 6.45) is -0.0408. The SMILES string of the molecule is CC(C)CCNC1COC2C(OC(=O)Nc3cccc4ccccc34)COC12. The van der Waals surface area contributed by atoms with E-state index in [1.165, 1.54) is 0 Å². The summed E-state index contributed by atoms with van der Waals surface area (Å²) in [5.74, 6) is 0.656. The summed E-state index contributed by atoms with van der Waals surface area (Å²) in [6, 6.07) is 13.9. The van der Waals surface area contributed by atoms with E-state index < -0.39 is 12.2 Å². The van der Waals surface area contributed by atoms with Crippen LogP contribution >= 0.6 is 0 Å². The molecule has 0 aromatic heterocycles. The van der Waals surface area contributed by atoms with Gasteiger partial charge in [0.25, 0.3) is 0 Å². The highest BCUT2D eigenvalue weighted by molar-refractivity contribution is 6.00. The molecule has 4 atom stereocenters. The van der Waals surface area contributed by atoms with E-state index in [1.54, 1.807) is 0 Å². The smallest absolute Gasteiger partial charge is 0.412 e. The second-order valence-electron chi connectivity index (χ2n) is 7.93. The molecule has 28 heavy (non-hydrogen) atoms. The molecule has 2 saturated heterocycles. The number of carbonyl (C=O) groups excluding carboxylic acids is 1. The summed E-state index contributed by atoms with van der Waals surface area (Å²) in [5.41, 5.74) is 0.735. The van der Waals surface area contributed by atoms with E-state index in [-0.39, 0.29) is 18.2 Å². The van der Waals surface area contributed by atoms with Crippen LogP contribution < -0.4 is 10.6 Å². The number of hydrogen-bond donors (Lipinski definition) is 2. The number of fused-ring (bicyclic) bond motifs is 2. The molecule has 0 spiro atoms. The van der Waals surface area contributed by atoms with Crippen LogP contribution in [0.4, 0.5) is 10.5 Å². The average Bonchev–Trinajstić information content (AvgIpc) is 3.25. The number of rotatable bonds is 6. The van der Waals surface area contributed by atoms with Gasteiger partial charge in [0.1, 0.15) is 12.2 Å². The Balaban J connectivity index is 1.33. The first-order chi connectivity index (χ1) is 13.6. The quantitative estimate of drug-likeness (QED) is 0.797. The van der Waals surface area contributed by atoms with Gasteiger partial charge >= 0.3 is 6.09 Å². The third-order valence-corrected chi connectivity index (χ3v) is 5.42. The standard InChI is InChI=1S/C22H28N2O4/c1-14(2)10-11-23-18-12-26-21-19(13-27-20(18)21)28-22(25)24-17-9-5-7-15-6-3-4-8-16(15)17/h3-9,14,18-21,23H,10-13H2,1-2H3,(H,24,25). The monoisotopic (exact) mass is 384 g/mol. The van der Waals surface area contributed by atoms with Crippen molar-refractivity contribution >= 4 is 22.6 Å². The molecule has 2 aromatic rings. The van der Waals surface area contributed by atoms with Crippen LogP contribution in [0.25, 0.3) is 10.8 Å². The lowest BCUT2D eigenvalue weighted by Crippen LogP contribution is -2.42. The molecule has 6 heteroatoms. The van der Waals surface area contributed by atoms with Crippen molar-refractivity contribution in [3.63, 3.8) is 0 Å². The lowest BCUT2D eigenvalue weighted by atomic mass is 10.1. The number of amides is 1. The molecule has 0 radical (unpaired) electrons. The maximum atomic E-state index is 12.5. The van der Waals surface area contributed by atoms with Crippen molar-refractivity contribution in [2.75, 3.05) is 25.1 Å². The van der Waals surface area contributed by atoms with Gasteiger partial charge in [-0.15, -0.1) is 0 Å². The van der Waals surface area contributed by atoms with E-state index in [9.17, 15) is 4.79 Å². The van der Waals surface area contributed by atoms with Crippen LogP contribution in [0.2, 0.25) is 0 Å². The van der Waals surface area contributed by atoms with E-state index in [4.69, 9.17) is 14.2 Å². The number of anilines is 1. The summed E-state index contributed by atoms with van der Waals surface area (Å²) in [5, 5.41) is 8.42. The molecule has 0 bridgehead atoms.